The maximum Gasteiger partial charge on any atom is 0.319 e. The second-order valence-electron chi connectivity index (χ2n) is 4.40. The lowest BCUT2D eigenvalue weighted by Gasteiger charge is -2.25. The smallest absolute Gasteiger partial charge is 0.319 e. The lowest BCUT2D eigenvalue weighted by Crippen LogP contribution is -2.43. The fourth-order valence-electron chi connectivity index (χ4n) is 1.77. The molecule has 2 unspecified atom stereocenters. The molecule has 0 aliphatic carbocycles. The number of carbonyl (C=O) groups is 2. The monoisotopic (exact) mass is 229 g/mol. The van der Waals surface area contributed by atoms with Crippen LogP contribution in [-0.2, 0) is 4.79 Å². The van der Waals surface area contributed by atoms with Crippen LogP contribution in [0.4, 0.5) is 4.79 Å². The molecule has 3 N–H and O–H groups in total. The van der Waals surface area contributed by atoms with Crippen LogP contribution in [0.2, 0.25) is 0 Å². The molecule has 1 heterocycles. The van der Waals surface area contributed by atoms with Gasteiger partial charge in [-0.25, -0.2) is 4.79 Å². The molecule has 0 aromatic carbocycles. The number of aliphatic carboxylic acids is 1. The number of carbonyl (C=O) groups excluding carboxylic acids is 1. The van der Waals surface area contributed by atoms with Gasteiger partial charge in [-0.05, 0) is 6.42 Å². The standard InChI is InChI=1S/C10H19N3O3/c1-7(9(14)15)5-12(2)10(16)13-4-3-8(11)6-13/h7-8H,3-6,11H2,1-2H3,(H,14,15). The van der Waals surface area contributed by atoms with Crippen LogP contribution in [0.15, 0.2) is 0 Å². The minimum atomic E-state index is -0.891. The second-order valence-corrected chi connectivity index (χ2v) is 4.40. The van der Waals surface area contributed by atoms with Crippen LogP contribution in [-0.4, -0.2) is 59.6 Å². The Morgan fingerprint density at radius 3 is 2.69 bits per heavy atom. The lowest BCUT2D eigenvalue weighted by molar-refractivity contribution is -0.141. The summed E-state index contributed by atoms with van der Waals surface area (Å²) >= 11 is 0. The Bertz CT molecular complexity index is 282. The van der Waals surface area contributed by atoms with Crippen LogP contribution in [0.25, 0.3) is 0 Å². The summed E-state index contributed by atoms with van der Waals surface area (Å²) in [7, 11) is 1.62. The molecule has 16 heavy (non-hydrogen) atoms. The molecular weight excluding hydrogens is 210 g/mol. The predicted molar refractivity (Wildman–Crippen MR) is 59.0 cm³/mol. The first kappa shape index (κ1) is 12.8. The van der Waals surface area contributed by atoms with Crippen molar-refractivity contribution in [3.63, 3.8) is 0 Å². The van der Waals surface area contributed by atoms with Crippen molar-refractivity contribution in [1.29, 1.82) is 0 Å². The third-order valence-corrected chi connectivity index (χ3v) is 2.79. The fraction of sp³-hybridized carbons (Fsp3) is 0.800. The average molecular weight is 229 g/mol. The molecule has 6 nitrogen and oxygen atoms in total. The molecule has 0 aromatic heterocycles. The molecule has 1 aliphatic heterocycles. The van der Waals surface area contributed by atoms with Crippen LogP contribution >= 0.6 is 0 Å². The Morgan fingerprint density at radius 1 is 1.62 bits per heavy atom. The van der Waals surface area contributed by atoms with Gasteiger partial charge in [0, 0.05) is 32.7 Å². The maximum absolute atomic E-state index is 11.9. The summed E-state index contributed by atoms with van der Waals surface area (Å²) in [6, 6.07) is -0.0877. The SMILES string of the molecule is CC(CN(C)C(=O)N1CCC(N)C1)C(=O)O. The van der Waals surface area contributed by atoms with Crippen molar-refractivity contribution in [2.24, 2.45) is 11.7 Å². The average Bonchev–Trinajstić information content (AvgIpc) is 2.63. The molecule has 0 bridgehead atoms. The molecule has 2 amide bonds. The number of carboxylic acids is 1. The highest BCUT2D eigenvalue weighted by atomic mass is 16.4. The van der Waals surface area contributed by atoms with E-state index in [1.165, 1.54) is 4.90 Å². The molecule has 0 saturated carbocycles. The van der Waals surface area contributed by atoms with E-state index in [1.807, 2.05) is 0 Å². The summed E-state index contributed by atoms with van der Waals surface area (Å²) in [6.07, 6.45) is 0.814. The van der Waals surface area contributed by atoms with Crippen molar-refractivity contribution in [2.75, 3.05) is 26.7 Å². The summed E-state index contributed by atoms with van der Waals surface area (Å²) in [5.74, 6) is -1.44. The summed E-state index contributed by atoms with van der Waals surface area (Å²) in [5.41, 5.74) is 5.71. The van der Waals surface area contributed by atoms with E-state index in [2.05, 4.69) is 0 Å². The van der Waals surface area contributed by atoms with E-state index in [0.29, 0.717) is 13.1 Å². The first-order chi connectivity index (χ1) is 7.41. The van der Waals surface area contributed by atoms with Gasteiger partial charge in [-0.15, -0.1) is 0 Å². The molecule has 0 radical (unpaired) electrons. The van der Waals surface area contributed by atoms with Gasteiger partial charge in [-0.2, -0.15) is 0 Å². The van der Waals surface area contributed by atoms with E-state index in [9.17, 15) is 9.59 Å². The summed E-state index contributed by atoms with van der Waals surface area (Å²) in [5, 5.41) is 8.75. The van der Waals surface area contributed by atoms with E-state index >= 15 is 0 Å². The minimum absolute atomic E-state index is 0.0502. The molecule has 92 valence electrons. The van der Waals surface area contributed by atoms with Gasteiger partial charge in [0.15, 0.2) is 0 Å². The van der Waals surface area contributed by atoms with Gasteiger partial charge in [-0.3, -0.25) is 4.79 Å². The molecule has 6 heteroatoms. The number of nitrogens with zero attached hydrogens (tertiary/aromatic N) is 2. The quantitative estimate of drug-likeness (QED) is 0.701. The third-order valence-electron chi connectivity index (χ3n) is 2.79. The Labute approximate surface area is 95.0 Å². The van der Waals surface area contributed by atoms with E-state index in [0.717, 1.165) is 6.42 Å². The Hall–Kier alpha value is -1.30. The van der Waals surface area contributed by atoms with Gasteiger partial charge in [0.1, 0.15) is 0 Å². The van der Waals surface area contributed by atoms with Gasteiger partial charge >= 0.3 is 12.0 Å². The maximum atomic E-state index is 11.9. The Kier molecular flexibility index (Phi) is 4.12. The normalized spacial score (nSPS) is 21.9. The number of likely N-dealkylation sites (tertiary alicyclic amines) is 1. The van der Waals surface area contributed by atoms with Gasteiger partial charge in [0.05, 0.1) is 5.92 Å². The van der Waals surface area contributed by atoms with Gasteiger partial charge < -0.3 is 20.6 Å². The highest BCUT2D eigenvalue weighted by Crippen LogP contribution is 2.10. The van der Waals surface area contributed by atoms with E-state index in [-0.39, 0.29) is 18.6 Å². The zero-order valence-corrected chi connectivity index (χ0v) is 9.72. The highest BCUT2D eigenvalue weighted by molar-refractivity contribution is 5.76. The number of rotatable bonds is 3. The second kappa shape index (κ2) is 5.16. The van der Waals surface area contributed by atoms with Crippen LogP contribution in [0.5, 0.6) is 0 Å². The third kappa shape index (κ3) is 3.10. The summed E-state index contributed by atoms with van der Waals surface area (Å²) in [6.45, 7) is 3.03. The molecular formula is C10H19N3O3. The topological polar surface area (TPSA) is 86.9 Å². The summed E-state index contributed by atoms with van der Waals surface area (Å²) in [4.78, 5) is 25.6. The number of carboxylic acid groups (broad SMARTS) is 1. The zero-order valence-electron chi connectivity index (χ0n) is 9.72. The van der Waals surface area contributed by atoms with Crippen LogP contribution in [0.3, 0.4) is 0 Å². The molecule has 1 fully saturated rings. The Balaban J connectivity index is 2.44. The number of hydrogen-bond acceptors (Lipinski definition) is 3. The summed E-state index contributed by atoms with van der Waals surface area (Å²) < 4.78 is 0. The van der Waals surface area contributed by atoms with Crippen LogP contribution < -0.4 is 5.73 Å². The van der Waals surface area contributed by atoms with Crippen molar-refractivity contribution in [3.8, 4) is 0 Å². The van der Waals surface area contributed by atoms with Crippen LogP contribution in [0.1, 0.15) is 13.3 Å². The highest BCUT2D eigenvalue weighted by Gasteiger charge is 2.27. The minimum Gasteiger partial charge on any atom is -0.481 e. The number of nitrogens with two attached hydrogens (primary N) is 1. The first-order valence-corrected chi connectivity index (χ1v) is 5.40. The molecule has 0 aromatic rings. The fourth-order valence-corrected chi connectivity index (χ4v) is 1.77. The van der Waals surface area contributed by atoms with E-state index < -0.39 is 11.9 Å². The van der Waals surface area contributed by atoms with Crippen molar-refractivity contribution in [2.45, 2.75) is 19.4 Å². The molecule has 1 saturated heterocycles. The number of urea groups is 1. The molecule has 1 aliphatic rings. The zero-order chi connectivity index (χ0) is 12.3. The van der Waals surface area contributed by atoms with Crippen molar-refractivity contribution >= 4 is 12.0 Å². The van der Waals surface area contributed by atoms with Crippen molar-refractivity contribution < 1.29 is 14.7 Å². The first-order valence-electron chi connectivity index (χ1n) is 5.40. The van der Waals surface area contributed by atoms with Crippen molar-refractivity contribution in [3.05, 3.63) is 0 Å². The van der Waals surface area contributed by atoms with Gasteiger partial charge in [0.25, 0.3) is 0 Å². The molecule has 1 rings (SSSR count). The largest absolute Gasteiger partial charge is 0.481 e. The van der Waals surface area contributed by atoms with Crippen LogP contribution in [0, 0.1) is 5.92 Å². The predicted octanol–water partition coefficient (Wildman–Crippen LogP) is -0.208. The number of amides is 2. The lowest BCUT2D eigenvalue weighted by atomic mass is 10.2. The van der Waals surface area contributed by atoms with Crippen molar-refractivity contribution in [1.82, 2.24) is 9.80 Å². The van der Waals surface area contributed by atoms with E-state index in [1.54, 1.807) is 18.9 Å². The Morgan fingerprint density at radius 2 is 2.25 bits per heavy atom. The molecule has 2 atom stereocenters. The molecule has 0 spiro atoms. The van der Waals surface area contributed by atoms with E-state index in [4.69, 9.17) is 10.8 Å². The van der Waals surface area contributed by atoms with Gasteiger partial charge in [0.2, 0.25) is 0 Å². The van der Waals surface area contributed by atoms with Gasteiger partial charge in [-0.1, -0.05) is 6.92 Å². The number of hydrogen-bond donors (Lipinski definition) is 2.